The van der Waals surface area contributed by atoms with Gasteiger partial charge in [0.05, 0.1) is 27.9 Å². The number of fused-ring (bicyclic) bond motifs is 2. The van der Waals surface area contributed by atoms with E-state index < -0.39 is 85.7 Å². The fourth-order valence-corrected chi connectivity index (χ4v) is 10.1. The van der Waals surface area contributed by atoms with Gasteiger partial charge in [0.25, 0.3) is 17.4 Å². The quantitative estimate of drug-likeness (QED) is 0.211. The molecular weight excluding hydrogens is 803 g/mol. The van der Waals surface area contributed by atoms with Crippen molar-refractivity contribution in [3.05, 3.63) is 111 Å². The number of hydrogen-bond acceptors (Lipinski definition) is 9. The third-order valence-electron chi connectivity index (χ3n) is 11.5. The van der Waals surface area contributed by atoms with Crippen molar-refractivity contribution in [2.75, 3.05) is 6.54 Å². The zero-order valence-electron chi connectivity index (χ0n) is 31.8. The number of benzene rings is 2. The van der Waals surface area contributed by atoms with Gasteiger partial charge in [0.15, 0.2) is 0 Å². The van der Waals surface area contributed by atoms with Crippen molar-refractivity contribution in [3.8, 4) is 22.3 Å². The molecule has 2 aromatic heterocycles. The van der Waals surface area contributed by atoms with Crippen LogP contribution in [0, 0.1) is 17.6 Å². The van der Waals surface area contributed by atoms with E-state index in [1.165, 1.54) is 64.9 Å². The summed E-state index contributed by atoms with van der Waals surface area (Å²) in [5, 5.41) is 11.2. The summed E-state index contributed by atoms with van der Waals surface area (Å²) >= 11 is 1.21. The number of carbonyl (C=O) groups excluding carboxylic acids is 4. The topological polar surface area (TPSA) is 177 Å². The molecule has 8 rings (SSSR count). The maximum Gasteiger partial charge on any atom is 0.275 e. The Morgan fingerprint density at radius 2 is 1.68 bits per heavy atom. The Bertz CT molecular complexity index is 2510. The van der Waals surface area contributed by atoms with E-state index in [-0.39, 0.29) is 42.5 Å². The predicted molar refractivity (Wildman–Crippen MR) is 215 cm³/mol. The van der Waals surface area contributed by atoms with Gasteiger partial charge >= 0.3 is 0 Å². The number of sulfonamides is 1. The molecule has 3 fully saturated rings. The zero-order chi connectivity index (χ0) is 41.5. The van der Waals surface area contributed by atoms with E-state index >= 15 is 0 Å². The first-order valence-electron chi connectivity index (χ1n) is 19.7. The maximum atomic E-state index is 14.7. The van der Waals surface area contributed by atoms with E-state index in [2.05, 4.69) is 20.5 Å². The highest BCUT2D eigenvalue weighted by Crippen LogP contribution is 2.46. The molecule has 4 amide bonds. The number of carbonyl (C=O) groups is 4. The average molecular weight is 845 g/mol. The molecule has 1 saturated heterocycles. The zero-order valence-corrected chi connectivity index (χ0v) is 33.4. The summed E-state index contributed by atoms with van der Waals surface area (Å²) in [6, 6.07) is 11.0. The number of rotatable bonds is 8. The second-order valence-corrected chi connectivity index (χ2v) is 18.5. The molecule has 4 aromatic rings. The highest BCUT2D eigenvalue weighted by Gasteiger charge is 2.62. The Hall–Kier alpha value is -5.55. The maximum absolute atomic E-state index is 14.7. The Kier molecular flexibility index (Phi) is 11.1. The molecule has 17 heteroatoms. The number of aromatic nitrogens is 2. The molecule has 2 aliphatic heterocycles. The molecule has 13 nitrogen and oxygen atoms in total. The SMILES string of the molecule is O=C(N[C@H]1CCCCC/C=C\[C@@H]2CC2(C(=O)NS(=O)(=O)C2CC2)NC(=O)[C@@H]2CC(n3ncc(-c4cccc(F)c4)c(-c4cccc(F)c4)c3=O)CN2C1=O)c1cccs1. The summed E-state index contributed by atoms with van der Waals surface area (Å²) < 4.78 is 58.2. The number of nitrogens with zero attached hydrogens (tertiary/aromatic N) is 3. The number of nitrogens with one attached hydrogen (secondary N) is 3. The van der Waals surface area contributed by atoms with Gasteiger partial charge in [0.2, 0.25) is 21.8 Å². The Morgan fingerprint density at radius 3 is 2.39 bits per heavy atom. The smallest absolute Gasteiger partial charge is 0.275 e. The fraction of sp³-hybridized carbons (Fsp3) is 0.381. The van der Waals surface area contributed by atoms with E-state index in [0.717, 1.165) is 11.1 Å². The minimum Gasteiger partial charge on any atom is -0.340 e. The molecule has 308 valence electrons. The van der Waals surface area contributed by atoms with Gasteiger partial charge in [-0.15, -0.1) is 11.3 Å². The molecule has 59 heavy (non-hydrogen) atoms. The lowest BCUT2D eigenvalue weighted by Gasteiger charge is -2.30. The lowest BCUT2D eigenvalue weighted by molar-refractivity contribution is -0.141. The molecular formula is C42H42F2N6O7S2. The minimum absolute atomic E-state index is 0.0199. The third-order valence-corrected chi connectivity index (χ3v) is 14.2. The summed E-state index contributed by atoms with van der Waals surface area (Å²) in [4.78, 5) is 72.8. The number of allylic oxidation sites excluding steroid dienone is 1. The standard InChI is InChI=1S/C42H42F2N6O7S2/c43-28-12-6-9-25(19-28)32-23-45-50(40(54)36(32)26-10-7-13-29(44)20-26)30-21-34-37(51)47-42(41(55)48-59(56,57)31-16-17-31)22-27(42)11-4-2-1-3-5-14-33(39(53)49(34)24-30)46-38(52)35-15-8-18-58-35/h4,6-13,15,18-20,23,27,30-31,33-34H,1-3,5,14,16-17,21-22,24H2,(H,46,52)(H,47,51)(H,48,55)/b11-4-/t27-,30?,33+,34+,42?/m1/s1. The van der Waals surface area contributed by atoms with Crippen molar-refractivity contribution >= 4 is 45.0 Å². The molecule has 0 bridgehead atoms. The van der Waals surface area contributed by atoms with E-state index in [4.69, 9.17) is 0 Å². The van der Waals surface area contributed by atoms with E-state index in [1.807, 2.05) is 12.2 Å². The molecule has 0 spiro atoms. The number of thiophene rings is 1. The highest BCUT2D eigenvalue weighted by molar-refractivity contribution is 7.91. The molecule has 3 N–H and O–H groups in total. The van der Waals surface area contributed by atoms with Gasteiger partial charge in [-0.05, 0) is 85.4 Å². The van der Waals surface area contributed by atoms with Gasteiger partial charge in [-0.3, -0.25) is 28.7 Å². The Morgan fingerprint density at radius 1 is 0.932 bits per heavy atom. The lowest BCUT2D eigenvalue weighted by atomic mass is 9.97. The lowest BCUT2D eigenvalue weighted by Crippen LogP contribution is -2.58. The van der Waals surface area contributed by atoms with Crippen molar-refractivity contribution in [1.29, 1.82) is 0 Å². The highest BCUT2D eigenvalue weighted by atomic mass is 32.2. The van der Waals surface area contributed by atoms with Gasteiger partial charge in [-0.1, -0.05) is 55.3 Å². The van der Waals surface area contributed by atoms with Gasteiger partial charge in [0, 0.05) is 24.4 Å². The molecule has 5 atom stereocenters. The first-order valence-corrected chi connectivity index (χ1v) is 22.1. The third kappa shape index (κ3) is 8.35. The van der Waals surface area contributed by atoms with Crippen LogP contribution in [0.15, 0.2) is 89.2 Å². The van der Waals surface area contributed by atoms with Crippen molar-refractivity contribution in [3.63, 3.8) is 0 Å². The molecule has 4 heterocycles. The molecule has 2 saturated carbocycles. The van der Waals surface area contributed by atoms with Crippen LogP contribution < -0.4 is 20.9 Å². The number of amides is 4. The molecule has 4 aliphatic rings. The van der Waals surface area contributed by atoms with Crippen LogP contribution in [-0.4, -0.2) is 76.1 Å². The van der Waals surface area contributed by atoms with Crippen molar-refractivity contribution in [2.24, 2.45) is 5.92 Å². The molecule has 2 aromatic carbocycles. The normalized spacial score (nSPS) is 25.4. The van der Waals surface area contributed by atoms with Crippen LogP contribution in [0.5, 0.6) is 0 Å². The van der Waals surface area contributed by atoms with E-state index in [1.54, 1.807) is 23.6 Å². The number of halogens is 2. The van der Waals surface area contributed by atoms with Gasteiger partial charge in [0.1, 0.15) is 29.3 Å². The summed E-state index contributed by atoms with van der Waals surface area (Å²) in [5.74, 6) is -4.35. The summed E-state index contributed by atoms with van der Waals surface area (Å²) in [6.07, 6.45) is 8.82. The van der Waals surface area contributed by atoms with Crippen LogP contribution in [0.2, 0.25) is 0 Å². The van der Waals surface area contributed by atoms with Crippen LogP contribution in [0.3, 0.4) is 0 Å². The van der Waals surface area contributed by atoms with E-state index in [0.29, 0.717) is 42.5 Å². The van der Waals surface area contributed by atoms with Crippen molar-refractivity contribution < 1.29 is 36.4 Å². The fourth-order valence-electron chi connectivity index (χ4n) is 8.12. The molecule has 2 aliphatic carbocycles. The molecule has 2 unspecified atom stereocenters. The van der Waals surface area contributed by atoms with Crippen LogP contribution >= 0.6 is 11.3 Å². The van der Waals surface area contributed by atoms with Gasteiger partial charge < -0.3 is 15.5 Å². The largest absolute Gasteiger partial charge is 0.340 e. The Labute approximate surface area is 342 Å². The van der Waals surface area contributed by atoms with Crippen LogP contribution in [0.25, 0.3) is 22.3 Å². The predicted octanol–water partition coefficient (Wildman–Crippen LogP) is 4.86. The van der Waals surface area contributed by atoms with Crippen molar-refractivity contribution in [2.45, 2.75) is 86.7 Å². The second-order valence-electron chi connectivity index (χ2n) is 15.6. The summed E-state index contributed by atoms with van der Waals surface area (Å²) in [7, 11) is -3.97. The molecule has 0 radical (unpaired) electrons. The van der Waals surface area contributed by atoms with Gasteiger partial charge in [-0.25, -0.2) is 21.9 Å². The van der Waals surface area contributed by atoms with Gasteiger partial charge in [-0.2, -0.15) is 5.10 Å². The Balaban J connectivity index is 1.18. The van der Waals surface area contributed by atoms with Crippen LogP contribution in [0.4, 0.5) is 8.78 Å². The van der Waals surface area contributed by atoms with Crippen LogP contribution in [-0.2, 0) is 24.4 Å². The van der Waals surface area contributed by atoms with Crippen LogP contribution in [0.1, 0.15) is 73.5 Å². The first-order chi connectivity index (χ1) is 28.3. The monoisotopic (exact) mass is 844 g/mol. The summed E-state index contributed by atoms with van der Waals surface area (Å²) in [5.41, 5.74) is -1.52. The van der Waals surface area contributed by atoms with Crippen molar-refractivity contribution in [1.82, 2.24) is 30.0 Å². The minimum atomic E-state index is -3.97. The average Bonchev–Trinajstić information content (AvgIpc) is 4.06. The number of hydrogen-bond donors (Lipinski definition) is 3. The summed E-state index contributed by atoms with van der Waals surface area (Å²) in [6.45, 7) is -0.213. The first kappa shape index (κ1) is 40.2. The van der Waals surface area contributed by atoms with E-state index in [9.17, 15) is 41.2 Å². The second kappa shape index (κ2) is 16.2.